The van der Waals surface area contributed by atoms with E-state index >= 15 is 0 Å². The van der Waals surface area contributed by atoms with Crippen LogP contribution in [0.1, 0.15) is 42.1 Å². The number of benzene rings is 1. The predicted octanol–water partition coefficient (Wildman–Crippen LogP) is 3.93. The maximum Gasteiger partial charge on any atom is 0.131 e. The monoisotopic (exact) mass is 309 g/mol. The quantitative estimate of drug-likeness (QED) is 0.907. The summed E-state index contributed by atoms with van der Waals surface area (Å²) in [4.78, 5) is 0. The van der Waals surface area contributed by atoms with Crippen LogP contribution < -0.4 is 5.32 Å². The lowest BCUT2D eigenvalue weighted by atomic mass is 10.1. The summed E-state index contributed by atoms with van der Waals surface area (Å²) in [5.74, 6) is 0.157. The highest BCUT2D eigenvalue weighted by Crippen LogP contribution is 2.25. The number of rotatable bonds is 5. The number of aryl methyl sites for hydroxylation is 2. The van der Waals surface area contributed by atoms with Gasteiger partial charge in [-0.1, -0.05) is 37.6 Å². The van der Waals surface area contributed by atoms with Crippen LogP contribution in [0.5, 0.6) is 0 Å². The van der Waals surface area contributed by atoms with E-state index in [1.165, 1.54) is 6.07 Å². The van der Waals surface area contributed by atoms with Gasteiger partial charge in [0.1, 0.15) is 11.0 Å². The highest BCUT2D eigenvalue weighted by molar-refractivity contribution is 6.30. The van der Waals surface area contributed by atoms with Gasteiger partial charge in [0.15, 0.2) is 0 Å². The van der Waals surface area contributed by atoms with Crippen molar-refractivity contribution in [2.45, 2.75) is 39.8 Å². The van der Waals surface area contributed by atoms with Gasteiger partial charge in [-0.3, -0.25) is 4.68 Å². The average molecular weight is 310 g/mol. The third-order valence-electron chi connectivity index (χ3n) is 3.50. The summed E-state index contributed by atoms with van der Waals surface area (Å²) in [6.07, 6.45) is 0. The fourth-order valence-electron chi connectivity index (χ4n) is 2.34. The second-order valence-electron chi connectivity index (χ2n) is 5.62. The minimum absolute atomic E-state index is 0.170. The second kappa shape index (κ2) is 6.58. The summed E-state index contributed by atoms with van der Waals surface area (Å²) in [5.41, 5.74) is 3.77. The van der Waals surface area contributed by atoms with Gasteiger partial charge >= 0.3 is 0 Å². The fraction of sp³-hybridized carbons (Fsp3) is 0.438. The number of hydrogen-bond donors (Lipinski definition) is 1. The summed E-state index contributed by atoms with van der Waals surface area (Å²) >= 11 is 6.30. The molecule has 0 aliphatic rings. The van der Waals surface area contributed by atoms with Gasteiger partial charge in [-0.2, -0.15) is 5.10 Å². The van der Waals surface area contributed by atoms with Crippen LogP contribution in [0.4, 0.5) is 4.39 Å². The Morgan fingerprint density at radius 1 is 1.33 bits per heavy atom. The van der Waals surface area contributed by atoms with Crippen molar-refractivity contribution in [1.29, 1.82) is 0 Å². The molecule has 1 heterocycles. The Kier molecular flexibility index (Phi) is 5.01. The van der Waals surface area contributed by atoms with E-state index in [1.807, 2.05) is 13.1 Å². The van der Waals surface area contributed by atoms with Crippen LogP contribution in [0.25, 0.3) is 0 Å². The maximum absolute atomic E-state index is 13.2. The van der Waals surface area contributed by atoms with Crippen LogP contribution >= 0.6 is 11.6 Å². The molecule has 0 unspecified atom stereocenters. The molecule has 0 bridgehead atoms. The van der Waals surface area contributed by atoms with Crippen LogP contribution in [0, 0.1) is 12.7 Å². The zero-order valence-electron chi connectivity index (χ0n) is 12.9. The van der Waals surface area contributed by atoms with Crippen LogP contribution in [0.15, 0.2) is 18.2 Å². The Bertz CT molecular complexity index is 635. The summed E-state index contributed by atoms with van der Waals surface area (Å²) in [5, 5.41) is 8.48. The van der Waals surface area contributed by atoms with Gasteiger partial charge in [0.2, 0.25) is 0 Å². The van der Waals surface area contributed by atoms with Gasteiger partial charge < -0.3 is 5.32 Å². The Morgan fingerprint density at radius 3 is 2.67 bits per heavy atom. The second-order valence-corrected chi connectivity index (χ2v) is 5.98. The Morgan fingerprint density at radius 2 is 2.05 bits per heavy atom. The molecule has 1 aromatic heterocycles. The maximum atomic E-state index is 13.2. The van der Waals surface area contributed by atoms with E-state index in [0.717, 1.165) is 16.8 Å². The molecule has 3 nitrogen and oxygen atoms in total. The number of aromatic nitrogens is 2. The van der Waals surface area contributed by atoms with Crippen LogP contribution in [0.3, 0.4) is 0 Å². The molecule has 0 aliphatic carbocycles. The molecule has 0 atom stereocenters. The van der Waals surface area contributed by atoms with Gasteiger partial charge in [0.05, 0.1) is 5.69 Å². The van der Waals surface area contributed by atoms with Gasteiger partial charge in [-0.15, -0.1) is 0 Å². The molecular formula is C16H21ClFN3. The molecule has 0 saturated heterocycles. The molecule has 5 heteroatoms. The van der Waals surface area contributed by atoms with Crippen LogP contribution in [-0.2, 0) is 20.1 Å². The summed E-state index contributed by atoms with van der Waals surface area (Å²) in [7, 11) is 1.85. The lowest BCUT2D eigenvalue weighted by molar-refractivity contribution is 0.615. The lowest BCUT2D eigenvalue weighted by Gasteiger charge is -2.08. The Labute approximate surface area is 130 Å². The summed E-state index contributed by atoms with van der Waals surface area (Å²) < 4.78 is 14.9. The van der Waals surface area contributed by atoms with Crippen molar-refractivity contribution < 1.29 is 4.39 Å². The first-order valence-corrected chi connectivity index (χ1v) is 7.45. The summed E-state index contributed by atoms with van der Waals surface area (Å²) in [6, 6.07) is 5.16. The molecule has 0 fully saturated rings. The van der Waals surface area contributed by atoms with Gasteiger partial charge in [-0.05, 0) is 30.0 Å². The van der Waals surface area contributed by atoms with Gasteiger partial charge in [0.25, 0.3) is 0 Å². The van der Waals surface area contributed by atoms with E-state index < -0.39 is 0 Å². The molecule has 21 heavy (non-hydrogen) atoms. The lowest BCUT2D eigenvalue weighted by Crippen LogP contribution is -2.14. The molecule has 114 valence electrons. The molecule has 0 amide bonds. The normalized spacial score (nSPS) is 11.4. The third-order valence-corrected chi connectivity index (χ3v) is 3.97. The van der Waals surface area contributed by atoms with E-state index in [1.54, 1.807) is 17.7 Å². The van der Waals surface area contributed by atoms with E-state index in [4.69, 9.17) is 11.6 Å². The number of hydrogen-bond acceptors (Lipinski definition) is 2. The molecule has 2 aromatic rings. The van der Waals surface area contributed by atoms with Gasteiger partial charge in [0, 0.05) is 25.7 Å². The topological polar surface area (TPSA) is 29.9 Å². The first-order chi connectivity index (χ1) is 9.90. The standard InChI is InChI=1S/C16H21ClFN3/c1-10(2)15-13(16(17)21(4)20-15)9-19-8-12-5-6-14(18)11(3)7-12/h5-7,10,19H,8-9H2,1-4H3. The SMILES string of the molecule is Cc1cc(CNCc2c(C(C)C)nn(C)c2Cl)ccc1F. The predicted molar refractivity (Wildman–Crippen MR) is 84.0 cm³/mol. The highest BCUT2D eigenvalue weighted by Gasteiger charge is 2.16. The molecule has 2 rings (SSSR count). The fourth-order valence-corrected chi connectivity index (χ4v) is 2.54. The first kappa shape index (κ1) is 16.0. The van der Waals surface area contributed by atoms with Crippen molar-refractivity contribution in [3.63, 3.8) is 0 Å². The molecular weight excluding hydrogens is 289 g/mol. The largest absolute Gasteiger partial charge is 0.308 e. The van der Waals surface area contributed by atoms with Crippen molar-refractivity contribution in [1.82, 2.24) is 15.1 Å². The number of nitrogens with one attached hydrogen (secondary N) is 1. The molecule has 1 N–H and O–H groups in total. The zero-order chi connectivity index (χ0) is 15.6. The van der Waals surface area contributed by atoms with Crippen LogP contribution in [-0.4, -0.2) is 9.78 Å². The van der Waals surface area contributed by atoms with Crippen molar-refractivity contribution in [3.8, 4) is 0 Å². The summed E-state index contributed by atoms with van der Waals surface area (Å²) in [6.45, 7) is 7.30. The number of halogens is 2. The molecule has 0 radical (unpaired) electrons. The first-order valence-electron chi connectivity index (χ1n) is 7.07. The minimum atomic E-state index is -0.170. The smallest absolute Gasteiger partial charge is 0.131 e. The van der Waals surface area contributed by atoms with E-state index in [9.17, 15) is 4.39 Å². The van der Waals surface area contributed by atoms with Crippen molar-refractivity contribution in [2.75, 3.05) is 0 Å². The Balaban J connectivity index is 2.05. The Hall–Kier alpha value is -1.39. The zero-order valence-corrected chi connectivity index (χ0v) is 13.6. The van der Waals surface area contributed by atoms with E-state index in [2.05, 4.69) is 24.3 Å². The van der Waals surface area contributed by atoms with Crippen molar-refractivity contribution in [2.24, 2.45) is 7.05 Å². The third kappa shape index (κ3) is 3.63. The highest BCUT2D eigenvalue weighted by atomic mass is 35.5. The molecule has 0 aliphatic heterocycles. The van der Waals surface area contributed by atoms with Crippen LogP contribution in [0.2, 0.25) is 5.15 Å². The average Bonchev–Trinajstić information content (AvgIpc) is 2.71. The minimum Gasteiger partial charge on any atom is -0.308 e. The van der Waals surface area contributed by atoms with Crippen molar-refractivity contribution in [3.05, 3.63) is 51.6 Å². The van der Waals surface area contributed by atoms with E-state index in [0.29, 0.717) is 29.7 Å². The molecule has 0 saturated carbocycles. The molecule has 1 aromatic carbocycles. The van der Waals surface area contributed by atoms with Gasteiger partial charge in [-0.25, -0.2) is 4.39 Å². The van der Waals surface area contributed by atoms with E-state index in [-0.39, 0.29) is 5.82 Å². The van der Waals surface area contributed by atoms with Crippen molar-refractivity contribution >= 4 is 11.6 Å². The number of nitrogens with zero attached hydrogens (tertiary/aromatic N) is 2. The molecule has 0 spiro atoms.